The van der Waals surface area contributed by atoms with Gasteiger partial charge in [0.15, 0.2) is 0 Å². The van der Waals surface area contributed by atoms with E-state index in [0.29, 0.717) is 18.8 Å². The van der Waals surface area contributed by atoms with Gasteiger partial charge in [0, 0.05) is 12.8 Å². The molecular formula is C37H50O6. The molecular weight excluding hydrogens is 540 g/mol. The molecule has 234 valence electrons. The van der Waals surface area contributed by atoms with Gasteiger partial charge in [-0.3, -0.25) is 0 Å². The van der Waals surface area contributed by atoms with Gasteiger partial charge in [-0.05, 0) is 77.3 Å². The van der Waals surface area contributed by atoms with Crippen LogP contribution in [0, 0.1) is 5.92 Å². The molecule has 3 rings (SSSR count). The molecule has 2 aromatic carbocycles. The fraction of sp³-hybridized carbons (Fsp3) is 0.514. The zero-order valence-corrected chi connectivity index (χ0v) is 26.2. The summed E-state index contributed by atoms with van der Waals surface area (Å²) in [5, 5.41) is 18.3. The standard InChI is InChI=1S/C37H50O6/c1-5-7-8-9-28-10-12-30(13-11-28)32-16-17-35(29(6-2)22-32)34-15-14-31(18-20-42-36(40)26(3)24-38)33(23-34)19-21-43-37(41)27(4)25-39/h14-17,22-23,28,30,38-39H,3-13,18-21,24-25H2,1-2H3. The molecule has 0 radical (unpaired) electrons. The third kappa shape index (κ3) is 10.2. The average molecular weight is 591 g/mol. The molecule has 2 aromatic rings. The van der Waals surface area contributed by atoms with Crippen molar-refractivity contribution in [1.29, 1.82) is 0 Å². The summed E-state index contributed by atoms with van der Waals surface area (Å²) in [6.45, 7) is 10.9. The Morgan fingerprint density at radius 3 is 2.00 bits per heavy atom. The van der Waals surface area contributed by atoms with Crippen LogP contribution in [0.5, 0.6) is 0 Å². The molecule has 6 heteroatoms. The SMILES string of the molecule is C=C(CO)C(=O)OCCc1ccc(-c2ccc(C3CCC(CCCCC)CC3)cc2CC)cc1CCOC(=O)C(=C)CO. The van der Waals surface area contributed by atoms with Crippen LogP contribution >= 0.6 is 0 Å². The van der Waals surface area contributed by atoms with Gasteiger partial charge in [-0.1, -0.05) is 89.1 Å². The Balaban J connectivity index is 1.76. The molecule has 1 saturated carbocycles. The highest BCUT2D eigenvalue weighted by molar-refractivity contribution is 5.88. The van der Waals surface area contributed by atoms with Gasteiger partial charge < -0.3 is 19.7 Å². The minimum absolute atomic E-state index is 0.0159. The fourth-order valence-corrected chi connectivity index (χ4v) is 6.02. The van der Waals surface area contributed by atoms with Gasteiger partial charge in [-0.15, -0.1) is 0 Å². The van der Waals surface area contributed by atoms with Gasteiger partial charge in [0.2, 0.25) is 0 Å². The van der Waals surface area contributed by atoms with Crippen molar-refractivity contribution in [2.45, 2.75) is 90.4 Å². The quantitative estimate of drug-likeness (QED) is 0.117. The fourth-order valence-electron chi connectivity index (χ4n) is 6.02. The molecule has 0 atom stereocenters. The lowest BCUT2D eigenvalue weighted by atomic mass is 9.76. The van der Waals surface area contributed by atoms with Crippen LogP contribution < -0.4 is 0 Å². The summed E-state index contributed by atoms with van der Waals surface area (Å²) in [5.74, 6) is 0.292. The van der Waals surface area contributed by atoms with Crippen molar-refractivity contribution in [3.63, 3.8) is 0 Å². The summed E-state index contributed by atoms with van der Waals surface area (Å²) < 4.78 is 10.6. The average Bonchev–Trinajstić information content (AvgIpc) is 3.04. The Hall–Kier alpha value is -3.22. The zero-order valence-electron chi connectivity index (χ0n) is 26.2. The Morgan fingerprint density at radius 1 is 0.791 bits per heavy atom. The highest BCUT2D eigenvalue weighted by Crippen LogP contribution is 2.39. The number of hydrogen-bond donors (Lipinski definition) is 2. The van der Waals surface area contributed by atoms with Crippen molar-refractivity contribution in [2.24, 2.45) is 5.92 Å². The zero-order chi connectivity index (χ0) is 31.2. The number of hydrogen-bond acceptors (Lipinski definition) is 6. The minimum Gasteiger partial charge on any atom is -0.462 e. The lowest BCUT2D eigenvalue weighted by molar-refractivity contribution is -0.140. The van der Waals surface area contributed by atoms with Crippen LogP contribution in [0.1, 0.15) is 93.4 Å². The predicted molar refractivity (Wildman–Crippen MR) is 172 cm³/mol. The predicted octanol–water partition coefficient (Wildman–Crippen LogP) is 7.04. The molecule has 0 spiro atoms. The highest BCUT2D eigenvalue weighted by atomic mass is 16.5. The molecule has 1 aliphatic rings. The van der Waals surface area contributed by atoms with Crippen molar-refractivity contribution < 1.29 is 29.3 Å². The first-order valence-electron chi connectivity index (χ1n) is 16.0. The summed E-state index contributed by atoms with van der Waals surface area (Å²) >= 11 is 0. The Morgan fingerprint density at radius 2 is 1.42 bits per heavy atom. The van der Waals surface area contributed by atoms with Crippen LogP contribution in [-0.4, -0.2) is 48.6 Å². The maximum absolute atomic E-state index is 12.0. The molecule has 43 heavy (non-hydrogen) atoms. The Labute approximate surface area is 257 Å². The number of carbonyl (C=O) groups is 2. The number of aliphatic hydroxyl groups excluding tert-OH is 2. The maximum atomic E-state index is 12.0. The Kier molecular flexibility index (Phi) is 14.2. The lowest BCUT2D eigenvalue weighted by Crippen LogP contribution is -2.14. The number of unbranched alkanes of at least 4 members (excludes halogenated alkanes) is 2. The molecule has 6 nitrogen and oxygen atoms in total. The van der Waals surface area contributed by atoms with Gasteiger partial charge in [-0.2, -0.15) is 0 Å². The van der Waals surface area contributed by atoms with Gasteiger partial charge in [0.1, 0.15) is 0 Å². The van der Waals surface area contributed by atoms with Crippen LogP contribution in [0.25, 0.3) is 11.1 Å². The topological polar surface area (TPSA) is 93.1 Å². The number of aliphatic hydroxyl groups is 2. The first-order valence-corrected chi connectivity index (χ1v) is 16.0. The molecule has 1 aliphatic carbocycles. The number of benzene rings is 2. The highest BCUT2D eigenvalue weighted by Gasteiger charge is 2.23. The van der Waals surface area contributed by atoms with E-state index in [-0.39, 0.29) is 24.4 Å². The molecule has 0 aliphatic heterocycles. The normalized spacial score (nSPS) is 16.5. The molecule has 0 heterocycles. The molecule has 0 unspecified atom stereocenters. The van der Waals surface area contributed by atoms with Crippen molar-refractivity contribution in [3.05, 3.63) is 83.0 Å². The molecule has 2 N–H and O–H groups in total. The largest absolute Gasteiger partial charge is 0.462 e. The van der Waals surface area contributed by atoms with Crippen LogP contribution in [0.15, 0.2) is 60.7 Å². The summed E-state index contributed by atoms with van der Waals surface area (Å²) in [7, 11) is 0. The summed E-state index contributed by atoms with van der Waals surface area (Å²) in [6, 6.07) is 13.2. The van der Waals surface area contributed by atoms with E-state index in [1.165, 1.54) is 68.1 Å². The summed E-state index contributed by atoms with van der Waals surface area (Å²) in [5.41, 5.74) is 7.07. The first-order chi connectivity index (χ1) is 20.8. The molecule has 0 aromatic heterocycles. The second kappa shape index (κ2) is 17.8. The second-order valence-electron chi connectivity index (χ2n) is 11.8. The second-order valence-corrected chi connectivity index (χ2v) is 11.8. The van der Waals surface area contributed by atoms with Gasteiger partial charge in [0.25, 0.3) is 0 Å². The van der Waals surface area contributed by atoms with Crippen molar-refractivity contribution in [1.82, 2.24) is 0 Å². The maximum Gasteiger partial charge on any atom is 0.335 e. The van der Waals surface area contributed by atoms with E-state index in [1.807, 2.05) is 6.07 Å². The summed E-state index contributed by atoms with van der Waals surface area (Å²) in [4.78, 5) is 24.0. The van der Waals surface area contributed by atoms with Crippen molar-refractivity contribution >= 4 is 11.9 Å². The van der Waals surface area contributed by atoms with Gasteiger partial charge in [-0.25, -0.2) is 9.59 Å². The molecule has 0 amide bonds. The van der Waals surface area contributed by atoms with E-state index in [4.69, 9.17) is 19.7 Å². The van der Waals surface area contributed by atoms with E-state index >= 15 is 0 Å². The number of ether oxygens (including phenoxy) is 2. The lowest BCUT2D eigenvalue weighted by Gasteiger charge is -2.29. The monoisotopic (exact) mass is 590 g/mol. The van der Waals surface area contributed by atoms with Crippen LogP contribution in [0.2, 0.25) is 0 Å². The third-order valence-electron chi connectivity index (χ3n) is 8.73. The van der Waals surface area contributed by atoms with Crippen LogP contribution in [-0.2, 0) is 38.3 Å². The Bertz CT molecular complexity index is 1240. The van der Waals surface area contributed by atoms with E-state index in [2.05, 4.69) is 57.3 Å². The van der Waals surface area contributed by atoms with Crippen molar-refractivity contribution in [2.75, 3.05) is 26.4 Å². The first kappa shape index (κ1) is 34.3. The minimum atomic E-state index is -0.616. The molecule has 1 fully saturated rings. The van der Waals surface area contributed by atoms with Gasteiger partial charge >= 0.3 is 11.9 Å². The van der Waals surface area contributed by atoms with Crippen molar-refractivity contribution in [3.8, 4) is 11.1 Å². The van der Waals surface area contributed by atoms with E-state index < -0.39 is 25.2 Å². The van der Waals surface area contributed by atoms with Crippen LogP contribution in [0.4, 0.5) is 0 Å². The number of carbonyl (C=O) groups excluding carboxylic acids is 2. The van der Waals surface area contributed by atoms with E-state index in [0.717, 1.165) is 29.0 Å². The smallest absolute Gasteiger partial charge is 0.335 e. The number of aryl methyl sites for hydroxylation is 1. The number of rotatable bonds is 17. The van der Waals surface area contributed by atoms with E-state index in [1.54, 1.807) is 0 Å². The number of esters is 2. The summed E-state index contributed by atoms with van der Waals surface area (Å²) in [6.07, 6.45) is 12.5. The van der Waals surface area contributed by atoms with E-state index in [9.17, 15) is 9.59 Å². The van der Waals surface area contributed by atoms with Gasteiger partial charge in [0.05, 0.1) is 37.6 Å². The third-order valence-corrected chi connectivity index (χ3v) is 8.73. The molecule has 0 bridgehead atoms. The van der Waals surface area contributed by atoms with Crippen LogP contribution in [0.3, 0.4) is 0 Å². The molecule has 0 saturated heterocycles.